The summed E-state index contributed by atoms with van der Waals surface area (Å²) in [5.74, 6) is 0.0848. The summed E-state index contributed by atoms with van der Waals surface area (Å²) in [5, 5.41) is 6.60. The van der Waals surface area contributed by atoms with E-state index in [1.165, 1.54) is 12.1 Å². The van der Waals surface area contributed by atoms with Crippen molar-refractivity contribution >= 4 is 62.0 Å². The van der Waals surface area contributed by atoms with Gasteiger partial charge in [-0.05, 0) is 42.0 Å². The number of nitrogens with one attached hydrogen (secondary N) is 3. The van der Waals surface area contributed by atoms with Crippen LogP contribution in [-0.4, -0.2) is 38.7 Å². The molecular formula is C18H19Cl2N3O4S2. The second-order valence-electron chi connectivity index (χ2n) is 5.99. The first-order chi connectivity index (χ1) is 13.6. The van der Waals surface area contributed by atoms with Crippen molar-refractivity contribution in [2.24, 2.45) is 0 Å². The molecule has 0 aromatic heterocycles. The second kappa shape index (κ2) is 10.6. The number of hydrogen-bond donors (Lipinski definition) is 3. The van der Waals surface area contributed by atoms with Crippen molar-refractivity contribution in [3.05, 3.63) is 58.1 Å². The van der Waals surface area contributed by atoms with E-state index in [-0.39, 0.29) is 19.1 Å². The molecular weight excluding hydrogens is 457 g/mol. The van der Waals surface area contributed by atoms with E-state index in [1.54, 1.807) is 24.3 Å². The van der Waals surface area contributed by atoms with Crippen LogP contribution in [0.4, 0.5) is 5.69 Å². The molecule has 7 nitrogen and oxygen atoms in total. The van der Waals surface area contributed by atoms with Gasteiger partial charge in [-0.25, -0.2) is 8.42 Å². The summed E-state index contributed by atoms with van der Waals surface area (Å²) in [6.07, 6.45) is 1.06. The number of hydrogen-bond acceptors (Lipinski definition) is 5. The Morgan fingerprint density at radius 3 is 2.38 bits per heavy atom. The lowest BCUT2D eigenvalue weighted by atomic mass is 10.2. The second-order valence-corrected chi connectivity index (χ2v) is 9.04. The normalized spacial score (nSPS) is 10.9. The van der Waals surface area contributed by atoms with Crippen molar-refractivity contribution < 1.29 is 17.9 Å². The van der Waals surface area contributed by atoms with Crippen LogP contribution < -0.4 is 20.1 Å². The quantitative estimate of drug-likeness (QED) is 0.482. The van der Waals surface area contributed by atoms with Gasteiger partial charge < -0.3 is 15.4 Å². The molecule has 0 aliphatic rings. The Hall–Kier alpha value is -2.07. The largest absolute Gasteiger partial charge is 0.484 e. The van der Waals surface area contributed by atoms with Gasteiger partial charge in [-0.1, -0.05) is 41.5 Å². The number of amides is 1. The number of sulfonamides is 1. The Labute approximate surface area is 184 Å². The molecule has 0 heterocycles. The van der Waals surface area contributed by atoms with Crippen LogP contribution in [0.3, 0.4) is 0 Å². The number of carbonyl (C=O) groups excluding carboxylic acids is 1. The molecule has 0 unspecified atom stereocenters. The molecule has 0 saturated carbocycles. The van der Waals surface area contributed by atoms with Gasteiger partial charge in [-0.3, -0.25) is 9.52 Å². The minimum Gasteiger partial charge on any atom is -0.484 e. The fourth-order valence-electron chi connectivity index (χ4n) is 2.12. The monoisotopic (exact) mass is 475 g/mol. The Balaban J connectivity index is 1.69. The maximum absolute atomic E-state index is 11.9. The van der Waals surface area contributed by atoms with Crippen molar-refractivity contribution in [2.45, 2.75) is 6.54 Å². The van der Waals surface area contributed by atoms with E-state index in [0.717, 1.165) is 11.8 Å². The van der Waals surface area contributed by atoms with E-state index in [4.69, 9.17) is 40.2 Å². The zero-order valence-electron chi connectivity index (χ0n) is 15.4. The van der Waals surface area contributed by atoms with E-state index in [2.05, 4.69) is 15.4 Å². The molecule has 0 spiro atoms. The number of halogens is 2. The summed E-state index contributed by atoms with van der Waals surface area (Å²) in [6.45, 7) is 0.417. The lowest BCUT2D eigenvalue weighted by Crippen LogP contribution is -2.37. The average Bonchev–Trinajstić information content (AvgIpc) is 2.65. The zero-order chi connectivity index (χ0) is 21.4. The minimum atomic E-state index is -3.34. The summed E-state index contributed by atoms with van der Waals surface area (Å²) in [7, 11) is -3.34. The van der Waals surface area contributed by atoms with Crippen LogP contribution in [0.1, 0.15) is 5.56 Å². The maximum Gasteiger partial charge on any atom is 0.258 e. The Morgan fingerprint density at radius 1 is 1.07 bits per heavy atom. The van der Waals surface area contributed by atoms with Crippen molar-refractivity contribution in [3.63, 3.8) is 0 Å². The van der Waals surface area contributed by atoms with Crippen LogP contribution in [0, 0.1) is 0 Å². The molecule has 11 heteroatoms. The highest BCUT2D eigenvalue weighted by atomic mass is 35.5. The van der Waals surface area contributed by atoms with Crippen LogP contribution in [0.25, 0.3) is 0 Å². The summed E-state index contributed by atoms with van der Waals surface area (Å²) in [4.78, 5) is 12.3. The third kappa shape index (κ3) is 8.86. The number of benzene rings is 2. The molecule has 0 radical (unpaired) electrons. The minimum absolute atomic E-state index is 0.163. The molecule has 0 fully saturated rings. The van der Waals surface area contributed by atoms with Crippen molar-refractivity contribution in [1.29, 1.82) is 0 Å². The van der Waals surface area contributed by atoms with Crippen LogP contribution >= 0.6 is 35.4 Å². The summed E-state index contributed by atoms with van der Waals surface area (Å²) in [6, 6.07) is 11.5. The van der Waals surface area contributed by atoms with Crippen LogP contribution in [-0.2, 0) is 21.4 Å². The molecule has 0 aliphatic carbocycles. The number of carbonyl (C=O) groups is 1. The lowest BCUT2D eigenvalue weighted by molar-refractivity contribution is -0.122. The Bertz CT molecular complexity index is 983. The molecule has 29 heavy (non-hydrogen) atoms. The van der Waals surface area contributed by atoms with Gasteiger partial charge in [0.05, 0.1) is 27.8 Å². The molecule has 0 aliphatic heterocycles. The van der Waals surface area contributed by atoms with E-state index >= 15 is 0 Å². The topological polar surface area (TPSA) is 96.5 Å². The first-order valence-corrected chi connectivity index (χ1v) is 11.4. The van der Waals surface area contributed by atoms with Crippen LogP contribution in [0.5, 0.6) is 5.75 Å². The van der Waals surface area contributed by atoms with Crippen LogP contribution in [0.15, 0.2) is 42.5 Å². The highest BCUT2D eigenvalue weighted by Gasteiger charge is 2.06. The van der Waals surface area contributed by atoms with Gasteiger partial charge >= 0.3 is 0 Å². The van der Waals surface area contributed by atoms with E-state index < -0.39 is 10.0 Å². The fourth-order valence-corrected chi connectivity index (χ4v) is 3.15. The number of anilines is 1. The van der Waals surface area contributed by atoms with Gasteiger partial charge in [-0.15, -0.1) is 0 Å². The highest BCUT2D eigenvalue weighted by molar-refractivity contribution is 7.92. The standard InChI is InChI=1S/C18H19Cl2N3O4S2/c1-29(25,26)23-13-3-5-14(6-4-13)27-11-17(24)21-10-18(28)22-9-12-2-7-15(19)16(20)8-12/h2-8,23H,9-11H2,1H3,(H,21,24)(H,22,28). The number of ether oxygens (including phenoxy) is 1. The number of rotatable bonds is 9. The molecule has 156 valence electrons. The Kier molecular flexibility index (Phi) is 8.51. The molecule has 0 saturated heterocycles. The zero-order valence-corrected chi connectivity index (χ0v) is 18.5. The van der Waals surface area contributed by atoms with Gasteiger partial charge in [0.1, 0.15) is 5.75 Å². The molecule has 2 rings (SSSR count). The predicted octanol–water partition coefficient (Wildman–Crippen LogP) is 2.98. The van der Waals surface area contributed by atoms with E-state index in [9.17, 15) is 13.2 Å². The van der Waals surface area contributed by atoms with Gasteiger partial charge in [-0.2, -0.15) is 0 Å². The first kappa shape index (κ1) is 23.2. The van der Waals surface area contributed by atoms with Gasteiger partial charge in [0.25, 0.3) is 5.91 Å². The fraction of sp³-hybridized carbons (Fsp3) is 0.222. The average molecular weight is 476 g/mol. The van der Waals surface area contributed by atoms with Crippen molar-refractivity contribution in [1.82, 2.24) is 10.6 Å². The number of thiocarbonyl (C=S) groups is 1. The smallest absolute Gasteiger partial charge is 0.258 e. The van der Waals surface area contributed by atoms with Gasteiger partial charge in [0.15, 0.2) is 6.61 Å². The molecule has 0 atom stereocenters. The maximum atomic E-state index is 11.9. The lowest BCUT2D eigenvalue weighted by Gasteiger charge is -2.11. The molecule has 2 aromatic rings. The van der Waals surface area contributed by atoms with E-state index in [1.807, 2.05) is 6.07 Å². The molecule has 3 N–H and O–H groups in total. The van der Waals surface area contributed by atoms with Gasteiger partial charge in [0.2, 0.25) is 10.0 Å². The SMILES string of the molecule is CS(=O)(=O)Nc1ccc(OCC(=O)NCC(=S)NCc2ccc(Cl)c(Cl)c2)cc1. The first-order valence-electron chi connectivity index (χ1n) is 8.30. The third-order valence-corrected chi connectivity index (χ3v) is 5.08. The molecule has 1 amide bonds. The summed E-state index contributed by atoms with van der Waals surface area (Å²) < 4.78 is 30.0. The molecule has 0 bridgehead atoms. The third-order valence-electron chi connectivity index (χ3n) is 3.45. The predicted molar refractivity (Wildman–Crippen MR) is 119 cm³/mol. The van der Waals surface area contributed by atoms with Crippen LogP contribution in [0.2, 0.25) is 10.0 Å². The van der Waals surface area contributed by atoms with Gasteiger partial charge in [0, 0.05) is 12.2 Å². The molecule has 2 aromatic carbocycles. The highest BCUT2D eigenvalue weighted by Crippen LogP contribution is 2.22. The Morgan fingerprint density at radius 2 is 1.76 bits per heavy atom. The van der Waals surface area contributed by atoms with Crippen molar-refractivity contribution in [3.8, 4) is 5.75 Å². The summed E-state index contributed by atoms with van der Waals surface area (Å²) in [5.41, 5.74) is 1.31. The van der Waals surface area contributed by atoms with Crippen molar-refractivity contribution in [2.75, 3.05) is 24.1 Å². The summed E-state index contributed by atoms with van der Waals surface area (Å²) >= 11 is 17.0. The van der Waals surface area contributed by atoms with E-state index in [0.29, 0.717) is 33.0 Å².